The molecule has 0 bridgehead atoms. The summed E-state index contributed by atoms with van der Waals surface area (Å²) in [5.74, 6) is 0.322. The number of carbonyl (C=O) groups is 1. The van der Waals surface area contributed by atoms with Crippen molar-refractivity contribution in [1.82, 2.24) is 9.80 Å². The predicted octanol–water partition coefficient (Wildman–Crippen LogP) is 2.88. The number of hydrogen-bond donors (Lipinski definition) is 1. The second-order valence-electron chi connectivity index (χ2n) is 7.29. The fourth-order valence-corrected chi connectivity index (χ4v) is 3.78. The fraction of sp³-hybridized carbons (Fsp3) is 0.632. The van der Waals surface area contributed by atoms with E-state index in [0.29, 0.717) is 17.2 Å². The molecule has 0 aliphatic carbocycles. The maximum absolute atomic E-state index is 13.6. The summed E-state index contributed by atoms with van der Waals surface area (Å²) >= 11 is 0. The molecule has 1 aromatic rings. The molecule has 1 N–H and O–H groups in total. The molecule has 1 aromatic carbocycles. The molecule has 0 aromatic heterocycles. The third kappa shape index (κ3) is 4.14. The van der Waals surface area contributed by atoms with Gasteiger partial charge in [0.1, 0.15) is 5.82 Å². The normalized spacial score (nSPS) is 23.5. The van der Waals surface area contributed by atoms with E-state index < -0.39 is 0 Å². The Morgan fingerprint density at radius 3 is 2.79 bits per heavy atom. The zero-order valence-corrected chi connectivity index (χ0v) is 14.7. The van der Waals surface area contributed by atoms with E-state index in [0.717, 1.165) is 26.1 Å². The van der Waals surface area contributed by atoms with E-state index in [1.54, 1.807) is 19.1 Å². The van der Waals surface area contributed by atoms with E-state index >= 15 is 0 Å². The van der Waals surface area contributed by atoms with Gasteiger partial charge in [0.25, 0.3) is 0 Å². The molecule has 2 heterocycles. The number of likely N-dealkylation sites (tertiary alicyclic amines) is 2. The topological polar surface area (TPSA) is 35.6 Å². The van der Waals surface area contributed by atoms with Crippen molar-refractivity contribution in [3.05, 3.63) is 29.6 Å². The summed E-state index contributed by atoms with van der Waals surface area (Å²) in [6.07, 6.45) is 3.80. The molecule has 2 aliphatic heterocycles. The summed E-state index contributed by atoms with van der Waals surface area (Å²) in [5.41, 5.74) is 1.12. The van der Waals surface area contributed by atoms with Gasteiger partial charge in [-0.3, -0.25) is 9.69 Å². The van der Waals surface area contributed by atoms with Crippen LogP contribution in [0.3, 0.4) is 0 Å². The van der Waals surface area contributed by atoms with Crippen LogP contribution in [0.15, 0.2) is 18.2 Å². The summed E-state index contributed by atoms with van der Waals surface area (Å²) in [4.78, 5) is 17.3. The highest BCUT2D eigenvalue weighted by Gasteiger charge is 2.31. The van der Waals surface area contributed by atoms with Crippen LogP contribution >= 0.6 is 0 Å². The zero-order valence-electron chi connectivity index (χ0n) is 14.7. The predicted molar refractivity (Wildman–Crippen MR) is 94.6 cm³/mol. The quantitative estimate of drug-likeness (QED) is 0.900. The van der Waals surface area contributed by atoms with Gasteiger partial charge in [0.05, 0.1) is 6.04 Å². The van der Waals surface area contributed by atoms with Gasteiger partial charge in [-0.2, -0.15) is 0 Å². The molecule has 0 radical (unpaired) electrons. The maximum atomic E-state index is 13.6. The number of amides is 1. The van der Waals surface area contributed by atoms with Gasteiger partial charge in [0, 0.05) is 18.8 Å². The SMILES string of the molecule is Cc1ccc(NC(=O)C(C)N2CCC(CN3CCCC3)C2)cc1F. The molecule has 3 rings (SSSR count). The zero-order chi connectivity index (χ0) is 17.1. The van der Waals surface area contributed by atoms with Gasteiger partial charge in [-0.25, -0.2) is 4.39 Å². The molecular weight excluding hydrogens is 305 g/mol. The Balaban J connectivity index is 1.51. The van der Waals surface area contributed by atoms with Crippen LogP contribution in [0.2, 0.25) is 0 Å². The first-order chi connectivity index (χ1) is 11.5. The van der Waals surface area contributed by atoms with E-state index in [1.807, 2.05) is 6.92 Å². The minimum atomic E-state index is -0.285. The van der Waals surface area contributed by atoms with Crippen molar-refractivity contribution in [2.45, 2.75) is 39.2 Å². The smallest absolute Gasteiger partial charge is 0.241 e. The number of halogens is 1. The van der Waals surface area contributed by atoms with Gasteiger partial charge >= 0.3 is 0 Å². The standard InChI is InChI=1S/C19H28FN3O/c1-14-5-6-17(11-18(14)20)21-19(24)15(2)23-10-7-16(13-23)12-22-8-3-4-9-22/h5-6,11,15-16H,3-4,7-10,12-13H2,1-2H3,(H,21,24). The van der Waals surface area contributed by atoms with Gasteiger partial charge in [0.15, 0.2) is 0 Å². The highest BCUT2D eigenvalue weighted by molar-refractivity contribution is 5.94. The molecule has 2 fully saturated rings. The van der Waals surface area contributed by atoms with E-state index in [9.17, 15) is 9.18 Å². The average molecular weight is 333 g/mol. The molecule has 0 spiro atoms. The van der Waals surface area contributed by atoms with Crippen LogP contribution < -0.4 is 5.32 Å². The lowest BCUT2D eigenvalue weighted by atomic mass is 10.1. The van der Waals surface area contributed by atoms with Crippen LogP contribution in [-0.4, -0.2) is 54.5 Å². The number of hydrogen-bond acceptors (Lipinski definition) is 3. The van der Waals surface area contributed by atoms with Crippen LogP contribution in [0.5, 0.6) is 0 Å². The van der Waals surface area contributed by atoms with Crippen molar-refractivity contribution in [3.63, 3.8) is 0 Å². The number of rotatable bonds is 5. The first kappa shape index (κ1) is 17.4. The Bertz CT molecular complexity index is 586. The van der Waals surface area contributed by atoms with Crippen molar-refractivity contribution < 1.29 is 9.18 Å². The monoisotopic (exact) mass is 333 g/mol. The number of anilines is 1. The van der Waals surface area contributed by atoms with Crippen LogP contribution in [0, 0.1) is 18.7 Å². The van der Waals surface area contributed by atoms with E-state index in [1.165, 1.54) is 32.0 Å². The highest BCUT2D eigenvalue weighted by Crippen LogP contribution is 2.22. The third-order valence-corrected chi connectivity index (χ3v) is 5.40. The van der Waals surface area contributed by atoms with Crippen LogP contribution in [0.25, 0.3) is 0 Å². The molecular formula is C19H28FN3O. The van der Waals surface area contributed by atoms with Gasteiger partial charge in [-0.1, -0.05) is 6.07 Å². The number of nitrogens with zero attached hydrogens (tertiary/aromatic N) is 2. The number of benzene rings is 1. The van der Waals surface area contributed by atoms with Gasteiger partial charge in [-0.05, 0) is 76.4 Å². The second-order valence-corrected chi connectivity index (χ2v) is 7.29. The Morgan fingerprint density at radius 1 is 1.33 bits per heavy atom. The lowest BCUT2D eigenvalue weighted by molar-refractivity contribution is -0.120. The molecule has 24 heavy (non-hydrogen) atoms. The highest BCUT2D eigenvalue weighted by atomic mass is 19.1. The molecule has 2 unspecified atom stereocenters. The number of nitrogens with one attached hydrogen (secondary N) is 1. The van der Waals surface area contributed by atoms with E-state index in [4.69, 9.17) is 0 Å². The summed E-state index contributed by atoms with van der Waals surface area (Å²) in [6, 6.07) is 4.65. The average Bonchev–Trinajstić information content (AvgIpc) is 3.22. The lowest BCUT2D eigenvalue weighted by Crippen LogP contribution is -2.41. The first-order valence-electron chi connectivity index (χ1n) is 9.06. The summed E-state index contributed by atoms with van der Waals surface area (Å²) in [7, 11) is 0. The van der Waals surface area contributed by atoms with Crippen molar-refractivity contribution in [1.29, 1.82) is 0 Å². The van der Waals surface area contributed by atoms with Crippen molar-refractivity contribution in [2.75, 3.05) is 38.0 Å². The van der Waals surface area contributed by atoms with Crippen molar-refractivity contribution in [3.8, 4) is 0 Å². The minimum Gasteiger partial charge on any atom is -0.325 e. The van der Waals surface area contributed by atoms with Gasteiger partial charge < -0.3 is 10.2 Å². The van der Waals surface area contributed by atoms with Crippen molar-refractivity contribution in [2.24, 2.45) is 5.92 Å². The second kappa shape index (κ2) is 7.62. The molecule has 0 saturated carbocycles. The largest absolute Gasteiger partial charge is 0.325 e. The summed E-state index contributed by atoms with van der Waals surface area (Å²) in [6.45, 7) is 9.22. The van der Waals surface area contributed by atoms with E-state index in [2.05, 4.69) is 15.1 Å². The van der Waals surface area contributed by atoms with Gasteiger partial charge in [0.2, 0.25) is 5.91 Å². The molecule has 132 valence electrons. The Labute approximate surface area is 144 Å². The molecule has 5 heteroatoms. The molecule has 4 nitrogen and oxygen atoms in total. The Morgan fingerprint density at radius 2 is 2.08 bits per heavy atom. The first-order valence-corrected chi connectivity index (χ1v) is 9.06. The summed E-state index contributed by atoms with van der Waals surface area (Å²) in [5, 5.41) is 2.84. The lowest BCUT2D eigenvalue weighted by Gasteiger charge is -2.24. The summed E-state index contributed by atoms with van der Waals surface area (Å²) < 4.78 is 13.6. The van der Waals surface area contributed by atoms with Crippen LogP contribution in [0.1, 0.15) is 31.7 Å². The number of carbonyl (C=O) groups excluding carboxylic acids is 1. The Kier molecular flexibility index (Phi) is 5.51. The number of aryl methyl sites for hydroxylation is 1. The third-order valence-electron chi connectivity index (χ3n) is 5.40. The van der Waals surface area contributed by atoms with Crippen molar-refractivity contribution >= 4 is 11.6 Å². The molecule has 2 atom stereocenters. The fourth-order valence-electron chi connectivity index (χ4n) is 3.78. The van der Waals surface area contributed by atoms with Crippen LogP contribution in [0.4, 0.5) is 10.1 Å². The molecule has 1 amide bonds. The Hall–Kier alpha value is -1.46. The van der Waals surface area contributed by atoms with E-state index in [-0.39, 0.29) is 17.8 Å². The maximum Gasteiger partial charge on any atom is 0.241 e. The van der Waals surface area contributed by atoms with Crippen LogP contribution in [-0.2, 0) is 4.79 Å². The minimum absolute atomic E-state index is 0.0555. The molecule has 2 aliphatic rings. The van der Waals surface area contributed by atoms with Gasteiger partial charge in [-0.15, -0.1) is 0 Å². The molecule has 2 saturated heterocycles.